The Balaban J connectivity index is 2.31. The molecule has 0 saturated carbocycles. The Morgan fingerprint density at radius 1 is 1.07 bits per heavy atom. The molecule has 2 saturated heterocycles. The van der Waals surface area contributed by atoms with Crippen molar-refractivity contribution in [2.45, 2.75) is 64.3 Å². The number of rotatable bonds is 1. The molecule has 3 unspecified atom stereocenters. The Morgan fingerprint density at radius 2 is 1.71 bits per heavy atom. The molecule has 2 heterocycles. The van der Waals surface area contributed by atoms with E-state index in [1.165, 1.54) is 0 Å². The van der Waals surface area contributed by atoms with Crippen LogP contribution >= 0.6 is 0 Å². The number of hydrogen-bond donors (Lipinski definition) is 0. The summed E-state index contributed by atoms with van der Waals surface area (Å²) in [4.78, 5) is 0. The van der Waals surface area contributed by atoms with Gasteiger partial charge >= 0.3 is 9.53 Å². The van der Waals surface area contributed by atoms with Gasteiger partial charge in [0.15, 0.2) is 0 Å². The molecule has 0 aromatic carbocycles. The highest BCUT2D eigenvalue weighted by Crippen LogP contribution is 2.49. The molecule has 0 radical (unpaired) electrons. The molecule has 3 atom stereocenters. The van der Waals surface area contributed by atoms with Gasteiger partial charge in [-0.05, 0) is 34.1 Å². The fraction of sp³-hybridized carbons (Fsp3) is 1.00. The maximum absolute atomic E-state index is 5.96. The first-order valence-corrected chi connectivity index (χ1v) is 6.75. The average Bonchev–Trinajstić information content (AvgIpc) is 2.17. The first-order valence-electron chi connectivity index (χ1n) is 5.34. The van der Waals surface area contributed by atoms with Crippen LogP contribution in [-0.2, 0) is 13.3 Å². The summed E-state index contributed by atoms with van der Waals surface area (Å²) < 4.78 is 17.7. The van der Waals surface area contributed by atoms with Gasteiger partial charge in [-0.3, -0.25) is 0 Å². The number of fused-ring (bicyclic) bond motifs is 2. The average molecular weight is 216 g/mol. The molecule has 0 spiro atoms. The third-order valence-corrected chi connectivity index (χ3v) is 5.94. The molecule has 82 valence electrons. The van der Waals surface area contributed by atoms with E-state index in [0.717, 1.165) is 12.8 Å². The molecule has 0 aliphatic carbocycles. The molecular formula is C10H20O3Si. The minimum Gasteiger partial charge on any atom is -0.370 e. The van der Waals surface area contributed by atoms with Crippen LogP contribution in [0.15, 0.2) is 0 Å². The second-order valence-electron chi connectivity index (χ2n) is 5.39. The van der Waals surface area contributed by atoms with Crippen LogP contribution < -0.4 is 0 Å². The molecule has 14 heavy (non-hydrogen) atoms. The fourth-order valence-corrected chi connectivity index (χ4v) is 4.89. The van der Waals surface area contributed by atoms with Crippen molar-refractivity contribution in [2.75, 3.05) is 0 Å². The smallest absolute Gasteiger partial charge is 0.370 e. The Bertz CT molecular complexity index is 256. The summed E-state index contributed by atoms with van der Waals surface area (Å²) in [5, 5.41) is 0. The third-order valence-electron chi connectivity index (χ3n) is 3.68. The summed E-state index contributed by atoms with van der Waals surface area (Å²) in [6.45, 7) is 10.7. The van der Waals surface area contributed by atoms with E-state index in [2.05, 4.69) is 34.6 Å². The molecule has 2 aliphatic rings. The minimum absolute atomic E-state index is 0.0865. The van der Waals surface area contributed by atoms with E-state index in [1.807, 2.05) is 0 Å². The maximum atomic E-state index is 5.96. The molecule has 0 N–H and O–H groups in total. The summed E-state index contributed by atoms with van der Waals surface area (Å²) >= 11 is 0. The van der Waals surface area contributed by atoms with Crippen molar-refractivity contribution in [1.82, 2.24) is 0 Å². The van der Waals surface area contributed by atoms with Crippen molar-refractivity contribution in [2.24, 2.45) is 0 Å². The van der Waals surface area contributed by atoms with Crippen LogP contribution in [0.3, 0.4) is 0 Å². The van der Waals surface area contributed by atoms with Crippen molar-refractivity contribution >= 4 is 9.53 Å². The van der Waals surface area contributed by atoms with Gasteiger partial charge in [-0.15, -0.1) is 0 Å². The predicted molar refractivity (Wildman–Crippen MR) is 56.2 cm³/mol. The normalized spacial score (nSPS) is 50.8. The predicted octanol–water partition coefficient (Wildman–Crippen LogP) is 1.88. The van der Waals surface area contributed by atoms with Crippen molar-refractivity contribution < 1.29 is 13.3 Å². The lowest BCUT2D eigenvalue weighted by atomic mass is 9.77. The van der Waals surface area contributed by atoms with Crippen LogP contribution in [0, 0.1) is 0 Å². The van der Waals surface area contributed by atoms with Gasteiger partial charge in [0.2, 0.25) is 0 Å². The third kappa shape index (κ3) is 1.36. The summed E-state index contributed by atoms with van der Waals surface area (Å²) in [5.41, 5.74) is -0.394. The van der Waals surface area contributed by atoms with Gasteiger partial charge < -0.3 is 13.3 Å². The monoisotopic (exact) mass is 216 g/mol. The molecule has 0 amide bonds. The van der Waals surface area contributed by atoms with Gasteiger partial charge in [-0.1, -0.05) is 6.92 Å². The topological polar surface area (TPSA) is 27.7 Å². The summed E-state index contributed by atoms with van der Waals surface area (Å²) in [6, 6.07) is 0. The van der Waals surface area contributed by atoms with Gasteiger partial charge in [0.25, 0.3) is 0 Å². The second kappa shape index (κ2) is 2.81. The van der Waals surface area contributed by atoms with Crippen molar-refractivity contribution in [3.05, 3.63) is 0 Å². The zero-order valence-electron chi connectivity index (χ0n) is 9.72. The number of hydrogen-bond acceptors (Lipinski definition) is 3. The first kappa shape index (κ1) is 10.6. The van der Waals surface area contributed by atoms with Crippen LogP contribution in [0.4, 0.5) is 0 Å². The van der Waals surface area contributed by atoms with Gasteiger partial charge in [-0.2, -0.15) is 0 Å². The fourth-order valence-electron chi connectivity index (χ4n) is 2.55. The lowest BCUT2D eigenvalue weighted by Gasteiger charge is -2.43. The second-order valence-corrected chi connectivity index (χ2v) is 6.68. The van der Waals surface area contributed by atoms with Crippen LogP contribution in [0.2, 0.25) is 0 Å². The van der Waals surface area contributed by atoms with Gasteiger partial charge in [0.1, 0.15) is 0 Å². The molecule has 2 aliphatic heterocycles. The quantitative estimate of drug-likeness (QED) is 0.626. The highest BCUT2D eigenvalue weighted by molar-refractivity contribution is 6.38. The Morgan fingerprint density at radius 3 is 2.29 bits per heavy atom. The van der Waals surface area contributed by atoms with Gasteiger partial charge in [0.05, 0.1) is 16.8 Å². The molecule has 2 rings (SSSR count). The highest BCUT2D eigenvalue weighted by Gasteiger charge is 2.61. The Kier molecular flexibility index (Phi) is 2.13. The summed E-state index contributed by atoms with van der Waals surface area (Å²) in [5.74, 6) is 0. The van der Waals surface area contributed by atoms with Crippen LogP contribution in [-0.4, -0.2) is 26.3 Å². The minimum atomic E-state index is -1.87. The van der Waals surface area contributed by atoms with E-state index in [0.29, 0.717) is 0 Å². The zero-order valence-corrected chi connectivity index (χ0v) is 10.9. The molecule has 2 fully saturated rings. The van der Waals surface area contributed by atoms with Crippen molar-refractivity contribution in [3.63, 3.8) is 0 Å². The lowest BCUT2D eigenvalue weighted by Crippen LogP contribution is -2.53. The van der Waals surface area contributed by atoms with Crippen LogP contribution in [0.25, 0.3) is 0 Å². The van der Waals surface area contributed by atoms with E-state index in [1.54, 1.807) is 0 Å². The lowest BCUT2D eigenvalue weighted by molar-refractivity contribution is -0.0907. The standard InChI is InChI=1S/C10H20O3Si/c1-6-9(4)10(5)7-8(2,3)11-14(12-9)13-10/h14H,6-7H2,1-5H3. The molecule has 4 heteroatoms. The van der Waals surface area contributed by atoms with E-state index >= 15 is 0 Å². The van der Waals surface area contributed by atoms with Crippen molar-refractivity contribution in [1.29, 1.82) is 0 Å². The Hall–Kier alpha value is 0.0969. The maximum Gasteiger partial charge on any atom is 0.485 e. The van der Waals surface area contributed by atoms with E-state index < -0.39 is 9.53 Å². The summed E-state index contributed by atoms with van der Waals surface area (Å²) in [7, 11) is -1.87. The van der Waals surface area contributed by atoms with E-state index in [9.17, 15) is 0 Å². The molecule has 2 bridgehead atoms. The van der Waals surface area contributed by atoms with E-state index in [-0.39, 0.29) is 16.8 Å². The molecular weight excluding hydrogens is 196 g/mol. The van der Waals surface area contributed by atoms with E-state index in [4.69, 9.17) is 13.3 Å². The van der Waals surface area contributed by atoms with Crippen LogP contribution in [0.5, 0.6) is 0 Å². The molecule has 3 nitrogen and oxygen atoms in total. The Labute approximate surface area is 87.7 Å². The highest BCUT2D eigenvalue weighted by atomic mass is 28.3. The zero-order chi connectivity index (χ0) is 10.6. The molecule has 0 aromatic heterocycles. The van der Waals surface area contributed by atoms with Gasteiger partial charge in [-0.25, -0.2) is 0 Å². The molecule has 0 aromatic rings. The SMILES string of the molecule is CCC1(C)O[SiH]2OC(C)(C)CC1(C)O2. The van der Waals surface area contributed by atoms with Gasteiger partial charge in [0, 0.05) is 6.42 Å². The van der Waals surface area contributed by atoms with Crippen LogP contribution in [0.1, 0.15) is 47.5 Å². The summed E-state index contributed by atoms with van der Waals surface area (Å²) in [6.07, 6.45) is 1.89. The first-order chi connectivity index (χ1) is 6.30. The van der Waals surface area contributed by atoms with Crippen molar-refractivity contribution in [3.8, 4) is 0 Å². The largest absolute Gasteiger partial charge is 0.485 e.